The Morgan fingerprint density at radius 1 is 0.510 bits per heavy atom. The third-order valence-electron chi connectivity index (χ3n) is 17.1. The lowest BCUT2D eigenvalue weighted by molar-refractivity contribution is -0.0296. The first-order chi connectivity index (χ1) is 23.9. The van der Waals surface area contributed by atoms with Gasteiger partial charge < -0.3 is 0 Å². The van der Waals surface area contributed by atoms with Crippen LogP contribution in [-0.4, -0.2) is 0 Å². The van der Waals surface area contributed by atoms with E-state index < -0.39 is 0 Å². The summed E-state index contributed by atoms with van der Waals surface area (Å²) in [7, 11) is 0. The van der Waals surface area contributed by atoms with Crippen molar-refractivity contribution in [1.29, 1.82) is 0 Å². The van der Waals surface area contributed by atoms with Crippen LogP contribution in [-0.2, 0) is 0 Å². The highest BCUT2D eigenvalue weighted by atomic mass is 14.5. The van der Waals surface area contributed by atoms with Crippen molar-refractivity contribution in [1.82, 2.24) is 0 Å². The van der Waals surface area contributed by atoms with E-state index >= 15 is 0 Å². The van der Waals surface area contributed by atoms with Gasteiger partial charge in [0.1, 0.15) is 0 Å². The molecule has 13 unspecified atom stereocenters. The Hall–Kier alpha value is 0. The van der Waals surface area contributed by atoms with Gasteiger partial charge in [-0.05, 0) is 134 Å². The van der Waals surface area contributed by atoms with E-state index in [0.29, 0.717) is 0 Å². The third-order valence-corrected chi connectivity index (χ3v) is 17.1. The van der Waals surface area contributed by atoms with Gasteiger partial charge in [0.15, 0.2) is 0 Å². The summed E-state index contributed by atoms with van der Waals surface area (Å²) in [6, 6.07) is 0. The van der Waals surface area contributed by atoms with Crippen molar-refractivity contribution >= 4 is 0 Å². The summed E-state index contributed by atoms with van der Waals surface area (Å²) in [6.07, 6.45) is 40.8. The fourth-order valence-electron chi connectivity index (χ4n) is 13.9. The molecule has 4 aliphatic carbocycles. The quantitative estimate of drug-likeness (QED) is 0.106. The monoisotopic (exact) mass is 681 g/mol. The third kappa shape index (κ3) is 11.5. The average Bonchev–Trinajstić information content (AvgIpc) is 3.82. The van der Waals surface area contributed by atoms with Crippen molar-refractivity contribution in [3.63, 3.8) is 0 Å². The molecule has 4 aliphatic rings. The van der Waals surface area contributed by atoms with Gasteiger partial charge in [0.05, 0.1) is 0 Å². The molecule has 0 saturated heterocycles. The molecule has 0 aromatic rings. The molecule has 0 bridgehead atoms. The van der Waals surface area contributed by atoms with Crippen LogP contribution >= 0.6 is 0 Å². The Balaban J connectivity index is 1.62. The average molecular weight is 681 g/mol. The number of rotatable bonds is 21. The molecule has 0 spiro atoms. The minimum absolute atomic E-state index is 0.876. The predicted molar refractivity (Wildman–Crippen MR) is 219 cm³/mol. The molecule has 49 heavy (non-hydrogen) atoms. The minimum Gasteiger partial charge on any atom is -0.0654 e. The van der Waals surface area contributed by atoms with Crippen molar-refractivity contribution in [3.05, 3.63) is 0 Å². The highest BCUT2D eigenvalue weighted by Crippen LogP contribution is 2.57. The van der Waals surface area contributed by atoms with Gasteiger partial charge in [-0.25, -0.2) is 0 Å². The second-order valence-corrected chi connectivity index (χ2v) is 19.6. The Labute approximate surface area is 310 Å². The molecule has 13 atom stereocenters. The van der Waals surface area contributed by atoms with Gasteiger partial charge in [-0.1, -0.05) is 177 Å². The summed E-state index contributed by atoms with van der Waals surface area (Å²) in [6.45, 7) is 20.5. The largest absolute Gasteiger partial charge is 0.0654 e. The van der Waals surface area contributed by atoms with Crippen molar-refractivity contribution in [3.8, 4) is 0 Å². The molecule has 0 N–H and O–H groups in total. The van der Waals surface area contributed by atoms with Crippen LogP contribution in [0.3, 0.4) is 0 Å². The van der Waals surface area contributed by atoms with E-state index in [1.165, 1.54) is 109 Å². The zero-order chi connectivity index (χ0) is 35.2. The van der Waals surface area contributed by atoms with Gasteiger partial charge >= 0.3 is 0 Å². The van der Waals surface area contributed by atoms with E-state index in [-0.39, 0.29) is 0 Å². The summed E-state index contributed by atoms with van der Waals surface area (Å²) < 4.78 is 0. The molecular formula is C49H92. The number of hydrogen-bond donors (Lipinski definition) is 0. The summed E-state index contributed by atoms with van der Waals surface area (Å²) in [5, 5.41) is 0. The van der Waals surface area contributed by atoms with Crippen LogP contribution < -0.4 is 0 Å². The maximum absolute atomic E-state index is 2.77. The SMILES string of the molecule is CCCCCC(C(CC)CCC1CCCC1)C1C(C)CCCC(C2CCCC2C(CCC(CC)CCC)C(C)C(C)CC)C2CCCCC21. The van der Waals surface area contributed by atoms with E-state index in [1.54, 1.807) is 64.2 Å². The Morgan fingerprint density at radius 2 is 1.16 bits per heavy atom. The van der Waals surface area contributed by atoms with Gasteiger partial charge in [0.2, 0.25) is 0 Å². The molecule has 288 valence electrons. The van der Waals surface area contributed by atoms with E-state index in [2.05, 4.69) is 55.4 Å². The first-order valence-corrected chi connectivity index (χ1v) is 23.9. The zero-order valence-electron chi connectivity index (χ0n) is 35.2. The highest BCUT2D eigenvalue weighted by molar-refractivity contribution is 4.98. The Kier molecular flexibility index (Phi) is 19.0. The molecule has 4 rings (SSSR count). The lowest BCUT2D eigenvalue weighted by atomic mass is 9.53. The van der Waals surface area contributed by atoms with Crippen LogP contribution in [0.1, 0.15) is 229 Å². The van der Waals surface area contributed by atoms with Crippen LogP contribution in [0.25, 0.3) is 0 Å². The Morgan fingerprint density at radius 3 is 1.84 bits per heavy atom. The van der Waals surface area contributed by atoms with Gasteiger partial charge in [0.25, 0.3) is 0 Å². The maximum Gasteiger partial charge on any atom is -0.0326 e. The van der Waals surface area contributed by atoms with E-state index in [1.807, 2.05) is 0 Å². The second-order valence-electron chi connectivity index (χ2n) is 19.6. The summed E-state index contributed by atoms with van der Waals surface area (Å²) in [5.74, 6) is 13.9. The molecule has 0 aromatic carbocycles. The second kappa shape index (κ2) is 22.3. The number of hydrogen-bond acceptors (Lipinski definition) is 0. The van der Waals surface area contributed by atoms with E-state index in [4.69, 9.17) is 0 Å². The summed E-state index contributed by atoms with van der Waals surface area (Å²) in [5.41, 5.74) is 0. The Bertz CT molecular complexity index is 837. The molecule has 0 nitrogen and oxygen atoms in total. The zero-order valence-corrected chi connectivity index (χ0v) is 35.2. The van der Waals surface area contributed by atoms with Crippen LogP contribution in [0.15, 0.2) is 0 Å². The minimum atomic E-state index is 0.876. The molecule has 0 heterocycles. The lowest BCUT2D eigenvalue weighted by Crippen LogP contribution is -2.45. The van der Waals surface area contributed by atoms with Crippen LogP contribution in [0.4, 0.5) is 0 Å². The smallest absolute Gasteiger partial charge is 0.0326 e. The van der Waals surface area contributed by atoms with Crippen LogP contribution in [0.2, 0.25) is 0 Å². The van der Waals surface area contributed by atoms with Crippen LogP contribution in [0.5, 0.6) is 0 Å². The molecular weight excluding hydrogens is 589 g/mol. The molecule has 0 aromatic heterocycles. The molecule has 4 saturated carbocycles. The fraction of sp³-hybridized carbons (Fsp3) is 1.00. The molecule has 0 amide bonds. The van der Waals surface area contributed by atoms with Gasteiger partial charge in [0, 0.05) is 0 Å². The lowest BCUT2D eigenvalue weighted by Gasteiger charge is -2.52. The standard InChI is InChI=1S/C49H92/c1-9-14-15-26-43(41(13-5)34-32-40-24-16-17-25-40)49-37(7)23-20-29-46(47-27-18-19-28-48(47)49)45-31-21-30-44(45)42(38(8)36(6)11-3)35-33-39(12-4)22-10-2/h36-49H,9-35H2,1-8H3. The van der Waals surface area contributed by atoms with Gasteiger partial charge in [-0.15, -0.1) is 0 Å². The van der Waals surface area contributed by atoms with Crippen molar-refractivity contribution in [2.75, 3.05) is 0 Å². The van der Waals surface area contributed by atoms with E-state index in [9.17, 15) is 0 Å². The van der Waals surface area contributed by atoms with Gasteiger partial charge in [-0.3, -0.25) is 0 Å². The first kappa shape index (κ1) is 41.8. The maximum atomic E-state index is 2.77. The molecule has 0 radical (unpaired) electrons. The topological polar surface area (TPSA) is 0 Å². The predicted octanol–water partition coefficient (Wildman–Crippen LogP) is 16.4. The summed E-state index contributed by atoms with van der Waals surface area (Å²) in [4.78, 5) is 0. The number of fused-ring (bicyclic) bond motifs is 1. The molecule has 4 fully saturated rings. The molecule has 0 heteroatoms. The van der Waals surface area contributed by atoms with Crippen LogP contribution in [0, 0.1) is 82.9 Å². The van der Waals surface area contributed by atoms with Crippen molar-refractivity contribution < 1.29 is 0 Å². The first-order valence-electron chi connectivity index (χ1n) is 23.9. The van der Waals surface area contributed by atoms with E-state index in [0.717, 1.165) is 82.9 Å². The van der Waals surface area contributed by atoms with Crippen molar-refractivity contribution in [2.45, 2.75) is 229 Å². The molecule has 0 aliphatic heterocycles. The number of unbranched alkanes of at least 4 members (excludes halogenated alkanes) is 2. The highest BCUT2D eigenvalue weighted by Gasteiger charge is 2.49. The fourth-order valence-corrected chi connectivity index (χ4v) is 13.9. The normalized spacial score (nSPS) is 33.7. The van der Waals surface area contributed by atoms with Crippen molar-refractivity contribution in [2.24, 2.45) is 82.9 Å². The van der Waals surface area contributed by atoms with Gasteiger partial charge in [-0.2, -0.15) is 0 Å². The summed E-state index contributed by atoms with van der Waals surface area (Å²) >= 11 is 0.